The number of nitrogens with one attached hydrogen (secondary N) is 1. The molecular formula is C20H43NO3V. The van der Waals surface area contributed by atoms with Crippen molar-refractivity contribution in [3.8, 4) is 0 Å². The van der Waals surface area contributed by atoms with E-state index in [1.807, 2.05) is 0 Å². The smallest absolute Gasteiger partial charge is 0.0718 e. The molecule has 0 bridgehead atoms. The first kappa shape index (κ1) is 27.6. The molecule has 4 N–H and O–H groups in total. The normalized spacial score (nSPS) is 14.8. The van der Waals surface area contributed by atoms with Gasteiger partial charge in [-0.3, -0.25) is 0 Å². The number of aliphatic hydroxyl groups excluding tert-OH is 3. The van der Waals surface area contributed by atoms with Crippen LogP contribution in [0, 0.1) is 0 Å². The van der Waals surface area contributed by atoms with E-state index >= 15 is 0 Å². The van der Waals surface area contributed by atoms with Crippen LogP contribution < -0.4 is 5.32 Å². The first-order valence-corrected chi connectivity index (χ1v) is 10.3. The molecule has 3 unspecified atom stereocenters. The van der Waals surface area contributed by atoms with Gasteiger partial charge in [-0.05, 0) is 19.9 Å². The summed E-state index contributed by atoms with van der Waals surface area (Å²) in [6, 6.07) is -0.137. The quantitative estimate of drug-likeness (QED) is 0.266. The molecule has 0 aliphatic carbocycles. The van der Waals surface area contributed by atoms with Gasteiger partial charge in [0.1, 0.15) is 0 Å². The van der Waals surface area contributed by atoms with E-state index in [0.717, 1.165) is 12.8 Å². The van der Waals surface area contributed by atoms with Crippen LogP contribution in [0.1, 0.15) is 96.8 Å². The molecule has 0 fully saturated rings. The van der Waals surface area contributed by atoms with Gasteiger partial charge in [0.2, 0.25) is 0 Å². The zero-order valence-corrected chi connectivity index (χ0v) is 18.0. The van der Waals surface area contributed by atoms with Crippen molar-refractivity contribution in [3.05, 3.63) is 0 Å². The Labute approximate surface area is 168 Å². The molecule has 4 nitrogen and oxygen atoms in total. The topological polar surface area (TPSA) is 72.7 Å². The predicted molar refractivity (Wildman–Crippen MR) is 102 cm³/mol. The van der Waals surface area contributed by atoms with Crippen LogP contribution in [0.25, 0.3) is 0 Å². The standard InChI is InChI=1S/C20H43NO3.V/c1-3-4-5-6-7-8-9-10-11-12-13-14-18(23)17-20(24)19(21-2)15-16-22;/h18-24H,3-17H2,1-2H3;. The average Bonchev–Trinajstić information content (AvgIpc) is 2.57. The average molecular weight is 397 g/mol. The summed E-state index contributed by atoms with van der Waals surface area (Å²) in [4.78, 5) is 0. The van der Waals surface area contributed by atoms with E-state index in [2.05, 4.69) is 12.2 Å². The second-order valence-electron chi connectivity index (χ2n) is 7.19. The number of likely N-dealkylation sites (N-methyl/N-ethyl adjacent to an activating group) is 1. The van der Waals surface area contributed by atoms with E-state index in [1.54, 1.807) is 7.05 Å². The SMILES string of the molecule is CCCCCCCCCCCCCC(O)CC(O)C(CCO)NC.[V]. The molecule has 0 saturated heterocycles. The monoisotopic (exact) mass is 396 g/mol. The minimum Gasteiger partial charge on any atom is -0.396 e. The maximum Gasteiger partial charge on any atom is 0.0718 e. The maximum absolute atomic E-state index is 10.1. The largest absolute Gasteiger partial charge is 0.396 e. The number of rotatable bonds is 18. The van der Waals surface area contributed by atoms with E-state index in [4.69, 9.17) is 5.11 Å². The van der Waals surface area contributed by atoms with Crippen LogP contribution in [0.15, 0.2) is 0 Å². The van der Waals surface area contributed by atoms with Crippen LogP contribution in [-0.2, 0) is 18.6 Å². The molecule has 25 heavy (non-hydrogen) atoms. The van der Waals surface area contributed by atoms with E-state index < -0.39 is 12.2 Å². The minimum absolute atomic E-state index is 0. The van der Waals surface area contributed by atoms with Crippen LogP contribution in [0.5, 0.6) is 0 Å². The summed E-state index contributed by atoms with van der Waals surface area (Å²) in [6.07, 6.45) is 15.0. The Kier molecular flexibility index (Phi) is 22.9. The van der Waals surface area contributed by atoms with Gasteiger partial charge >= 0.3 is 0 Å². The summed E-state index contributed by atoms with van der Waals surface area (Å²) in [5.41, 5.74) is 0. The van der Waals surface area contributed by atoms with E-state index in [9.17, 15) is 10.2 Å². The third-order valence-electron chi connectivity index (χ3n) is 4.93. The third kappa shape index (κ3) is 17.6. The number of hydrogen-bond donors (Lipinski definition) is 4. The molecule has 151 valence electrons. The molecule has 0 aromatic rings. The van der Waals surface area contributed by atoms with Crippen molar-refractivity contribution in [2.24, 2.45) is 0 Å². The van der Waals surface area contributed by atoms with Crippen molar-refractivity contribution >= 4 is 0 Å². The van der Waals surface area contributed by atoms with Gasteiger partial charge in [0, 0.05) is 37.6 Å². The number of hydrogen-bond acceptors (Lipinski definition) is 4. The van der Waals surface area contributed by atoms with Gasteiger partial charge in [-0.25, -0.2) is 0 Å². The summed E-state index contributed by atoms with van der Waals surface area (Å²) in [7, 11) is 1.78. The van der Waals surface area contributed by atoms with Crippen molar-refractivity contribution in [1.29, 1.82) is 0 Å². The third-order valence-corrected chi connectivity index (χ3v) is 4.93. The molecule has 0 rings (SSSR count). The zero-order valence-electron chi connectivity index (χ0n) is 16.6. The molecule has 0 spiro atoms. The second kappa shape index (κ2) is 20.7. The molecule has 0 aliphatic rings. The molecule has 0 heterocycles. The molecule has 0 aromatic heterocycles. The fourth-order valence-electron chi connectivity index (χ4n) is 3.27. The van der Waals surface area contributed by atoms with E-state index in [1.165, 1.54) is 64.2 Å². The fourth-order valence-corrected chi connectivity index (χ4v) is 3.27. The van der Waals surface area contributed by atoms with Gasteiger partial charge in [0.05, 0.1) is 12.2 Å². The van der Waals surface area contributed by atoms with Crippen LogP contribution in [0.4, 0.5) is 0 Å². The molecule has 1 radical (unpaired) electrons. The van der Waals surface area contributed by atoms with Crippen molar-refractivity contribution in [2.75, 3.05) is 13.7 Å². The van der Waals surface area contributed by atoms with Crippen molar-refractivity contribution in [2.45, 2.75) is 115 Å². The Hall–Kier alpha value is 0.424. The molecule has 0 aliphatic heterocycles. The summed E-state index contributed by atoms with van der Waals surface area (Å²) >= 11 is 0. The van der Waals surface area contributed by atoms with Gasteiger partial charge in [-0.1, -0.05) is 77.6 Å². The van der Waals surface area contributed by atoms with E-state index in [0.29, 0.717) is 12.8 Å². The molecule has 0 amide bonds. The fraction of sp³-hybridized carbons (Fsp3) is 1.00. The van der Waals surface area contributed by atoms with Crippen molar-refractivity contribution in [3.63, 3.8) is 0 Å². The predicted octanol–water partition coefficient (Wildman–Crippen LogP) is 3.77. The maximum atomic E-state index is 10.1. The Bertz CT molecular complexity index is 257. The molecule has 0 aromatic carbocycles. The summed E-state index contributed by atoms with van der Waals surface area (Å²) in [5, 5.41) is 32.0. The van der Waals surface area contributed by atoms with Gasteiger partial charge in [-0.15, -0.1) is 0 Å². The Morgan fingerprint density at radius 2 is 1.24 bits per heavy atom. The van der Waals surface area contributed by atoms with Crippen LogP contribution in [0.3, 0.4) is 0 Å². The first-order chi connectivity index (χ1) is 11.7. The molecule has 3 atom stereocenters. The number of aliphatic hydroxyl groups is 3. The first-order valence-electron chi connectivity index (χ1n) is 10.3. The Morgan fingerprint density at radius 3 is 1.68 bits per heavy atom. The van der Waals surface area contributed by atoms with E-state index in [-0.39, 0.29) is 31.2 Å². The summed E-state index contributed by atoms with van der Waals surface area (Å²) < 4.78 is 0. The minimum atomic E-state index is -0.593. The number of unbranched alkanes of at least 4 members (excludes halogenated alkanes) is 10. The summed E-state index contributed by atoms with van der Waals surface area (Å²) in [5.74, 6) is 0. The molecular weight excluding hydrogens is 353 g/mol. The van der Waals surface area contributed by atoms with Crippen molar-refractivity contribution < 1.29 is 33.9 Å². The summed E-state index contributed by atoms with van der Waals surface area (Å²) in [6.45, 7) is 2.31. The van der Waals surface area contributed by atoms with Gasteiger partial charge in [0.15, 0.2) is 0 Å². The van der Waals surface area contributed by atoms with Gasteiger partial charge in [-0.2, -0.15) is 0 Å². The Morgan fingerprint density at radius 1 is 0.760 bits per heavy atom. The molecule has 0 saturated carbocycles. The van der Waals surface area contributed by atoms with Gasteiger partial charge in [0.25, 0.3) is 0 Å². The van der Waals surface area contributed by atoms with Crippen LogP contribution in [0.2, 0.25) is 0 Å². The van der Waals surface area contributed by atoms with Crippen molar-refractivity contribution in [1.82, 2.24) is 5.32 Å². The molecule has 5 heteroatoms. The zero-order chi connectivity index (χ0) is 18.0. The van der Waals surface area contributed by atoms with Crippen LogP contribution >= 0.6 is 0 Å². The second-order valence-corrected chi connectivity index (χ2v) is 7.19. The Balaban J connectivity index is 0. The van der Waals surface area contributed by atoms with Crippen LogP contribution in [-0.4, -0.2) is 47.2 Å². The van der Waals surface area contributed by atoms with Gasteiger partial charge < -0.3 is 20.6 Å².